The number of nitrogens with one attached hydrogen (secondary N) is 1. The van der Waals surface area contributed by atoms with Crippen LogP contribution in [-0.2, 0) is 18.4 Å². The smallest absolute Gasteiger partial charge is 0.305 e. The van der Waals surface area contributed by atoms with E-state index in [1.165, 1.54) is 6.21 Å². The average molecular weight is 343 g/mol. The minimum absolute atomic E-state index is 0. The van der Waals surface area contributed by atoms with Crippen LogP contribution in [0.5, 0.6) is 5.75 Å². The Kier molecular flexibility index (Phi) is 8.74. The fourth-order valence-electron chi connectivity index (χ4n) is 1.67. The Balaban J connectivity index is 0.00000220. The minimum Gasteiger partial charge on any atom is -1.00 e. The third kappa shape index (κ3) is 5.67. The highest BCUT2D eigenvalue weighted by atomic mass is 35.5. The van der Waals surface area contributed by atoms with E-state index in [1.807, 2.05) is 18.2 Å². The Hall–Kier alpha value is -2.18. The van der Waals surface area contributed by atoms with E-state index in [1.54, 1.807) is 46.9 Å². The molecule has 0 aromatic carbocycles. The maximum absolute atomic E-state index is 11.7. The van der Waals surface area contributed by atoms with Crippen molar-refractivity contribution in [1.82, 2.24) is 5.43 Å². The highest BCUT2D eigenvalue weighted by Gasteiger charge is 2.10. The van der Waals surface area contributed by atoms with Gasteiger partial charge in [0, 0.05) is 18.2 Å². The number of carbonyl (C=O) groups is 1. The number of pyridine rings is 2. The monoisotopic (exact) mass is 342 g/mol. The molecule has 2 aromatic heterocycles. The van der Waals surface area contributed by atoms with Gasteiger partial charge in [-0.05, 0) is 6.07 Å². The summed E-state index contributed by atoms with van der Waals surface area (Å²) in [4.78, 5) is 11.7. The Bertz CT molecular complexity index is 616. The lowest BCUT2D eigenvalue weighted by Gasteiger charge is -1.97. The number of hydrogen-bond donors (Lipinski definition) is 2. The molecule has 0 aliphatic carbocycles. The van der Waals surface area contributed by atoms with Crippen molar-refractivity contribution < 1.29 is 43.8 Å². The summed E-state index contributed by atoms with van der Waals surface area (Å²) in [5.74, 6) is -0.138. The van der Waals surface area contributed by atoms with E-state index in [0.29, 0.717) is 5.69 Å². The molecule has 6 nitrogen and oxygen atoms in total. The molecular formula is C14H16Cl2N4O2. The number of carbonyl (C=O) groups excluding carboxylic acids is 1. The van der Waals surface area contributed by atoms with Crippen molar-refractivity contribution in [3.05, 3.63) is 54.6 Å². The van der Waals surface area contributed by atoms with Crippen molar-refractivity contribution in [3.63, 3.8) is 0 Å². The van der Waals surface area contributed by atoms with Crippen LogP contribution in [0.4, 0.5) is 0 Å². The van der Waals surface area contributed by atoms with Crippen LogP contribution < -0.4 is 39.4 Å². The molecule has 2 N–H and O–H groups in total. The van der Waals surface area contributed by atoms with Gasteiger partial charge in [-0.3, -0.25) is 4.79 Å². The van der Waals surface area contributed by atoms with Crippen molar-refractivity contribution in [2.24, 2.45) is 12.1 Å². The van der Waals surface area contributed by atoms with E-state index in [-0.39, 0.29) is 43.0 Å². The van der Waals surface area contributed by atoms with Crippen molar-refractivity contribution in [1.29, 1.82) is 0 Å². The molecule has 0 aliphatic rings. The van der Waals surface area contributed by atoms with Gasteiger partial charge in [-0.15, -0.1) is 0 Å². The largest absolute Gasteiger partial charge is 1.00 e. The summed E-state index contributed by atoms with van der Waals surface area (Å²) in [6, 6.07) is 8.85. The molecule has 0 bridgehead atoms. The molecule has 0 saturated carbocycles. The molecule has 2 rings (SSSR count). The second kappa shape index (κ2) is 9.70. The van der Waals surface area contributed by atoms with Crippen molar-refractivity contribution in [2.75, 3.05) is 0 Å². The molecule has 0 unspecified atom stereocenters. The maximum atomic E-state index is 11.7. The summed E-state index contributed by atoms with van der Waals surface area (Å²) >= 11 is 0. The predicted molar refractivity (Wildman–Crippen MR) is 71.7 cm³/mol. The molecule has 0 spiro atoms. The second-order valence-electron chi connectivity index (χ2n) is 4.23. The summed E-state index contributed by atoms with van der Waals surface area (Å²) < 4.78 is 3.45. The maximum Gasteiger partial charge on any atom is 0.305 e. The normalized spacial score (nSPS) is 9.68. The number of aromatic hydroxyl groups is 1. The van der Waals surface area contributed by atoms with Crippen LogP contribution in [0.3, 0.4) is 0 Å². The van der Waals surface area contributed by atoms with Crippen LogP contribution in [0, 0.1) is 0 Å². The van der Waals surface area contributed by atoms with Crippen LogP contribution >= 0.6 is 0 Å². The second-order valence-corrected chi connectivity index (χ2v) is 4.23. The summed E-state index contributed by atoms with van der Waals surface area (Å²) in [7, 11) is 1.78. The van der Waals surface area contributed by atoms with E-state index in [0.717, 1.165) is 0 Å². The Morgan fingerprint density at radius 2 is 1.91 bits per heavy atom. The van der Waals surface area contributed by atoms with Gasteiger partial charge in [-0.25, -0.2) is 5.43 Å². The Labute approximate surface area is 140 Å². The Morgan fingerprint density at radius 1 is 1.23 bits per heavy atom. The van der Waals surface area contributed by atoms with Crippen LogP contribution in [-0.4, -0.2) is 17.2 Å². The molecule has 2 aromatic rings. The first-order valence-corrected chi connectivity index (χ1v) is 6.10. The summed E-state index contributed by atoms with van der Waals surface area (Å²) in [5, 5.41) is 13.5. The van der Waals surface area contributed by atoms with Gasteiger partial charge >= 0.3 is 5.91 Å². The van der Waals surface area contributed by atoms with E-state index in [9.17, 15) is 9.90 Å². The zero-order valence-electron chi connectivity index (χ0n) is 11.9. The highest BCUT2D eigenvalue weighted by Crippen LogP contribution is 2.07. The van der Waals surface area contributed by atoms with Crippen LogP contribution in [0.1, 0.15) is 5.69 Å². The molecule has 0 aliphatic heterocycles. The molecular weight excluding hydrogens is 327 g/mol. The standard InChI is InChI=1S/C14H14N4O2.2ClH/c1-17-7-5-6-13(19)12(17)10-15-16-14(20)11-18-8-3-2-4-9-18;;/h2-10H,11H2,1H3;2*1H. The number of halogens is 2. The van der Waals surface area contributed by atoms with Crippen molar-refractivity contribution >= 4 is 12.1 Å². The fraction of sp³-hybridized carbons (Fsp3) is 0.143. The summed E-state index contributed by atoms with van der Waals surface area (Å²) in [5.41, 5.74) is 2.93. The molecule has 22 heavy (non-hydrogen) atoms. The molecule has 8 heteroatoms. The van der Waals surface area contributed by atoms with Crippen LogP contribution in [0.25, 0.3) is 0 Å². The zero-order valence-corrected chi connectivity index (χ0v) is 13.4. The zero-order chi connectivity index (χ0) is 14.4. The van der Waals surface area contributed by atoms with Gasteiger partial charge in [0.15, 0.2) is 24.3 Å². The molecule has 0 fully saturated rings. The first-order chi connectivity index (χ1) is 9.66. The van der Waals surface area contributed by atoms with E-state index >= 15 is 0 Å². The first-order valence-electron chi connectivity index (χ1n) is 6.10. The van der Waals surface area contributed by atoms with Gasteiger partial charge in [0.2, 0.25) is 6.54 Å². The van der Waals surface area contributed by atoms with Gasteiger partial charge in [0.05, 0.1) is 0 Å². The van der Waals surface area contributed by atoms with Crippen molar-refractivity contribution in [2.45, 2.75) is 6.54 Å². The van der Waals surface area contributed by atoms with Gasteiger partial charge in [-0.2, -0.15) is 14.2 Å². The molecule has 0 saturated heterocycles. The first kappa shape index (κ1) is 19.8. The van der Waals surface area contributed by atoms with Crippen molar-refractivity contribution in [3.8, 4) is 5.75 Å². The number of hydrogen-bond acceptors (Lipinski definition) is 3. The van der Waals surface area contributed by atoms with E-state index in [2.05, 4.69) is 10.5 Å². The molecule has 1 amide bonds. The SMILES string of the molecule is C[n+]1cccc(O)c1/C=N/NC(=O)C[n+]1ccccc1.[Cl-].[Cl-]. The molecule has 0 radical (unpaired) electrons. The van der Waals surface area contributed by atoms with Gasteiger partial charge in [0.25, 0.3) is 5.69 Å². The lowest BCUT2D eigenvalue weighted by Crippen LogP contribution is -3.00. The number of rotatable bonds is 4. The van der Waals surface area contributed by atoms with Gasteiger partial charge in [-0.1, -0.05) is 6.07 Å². The number of hydrazone groups is 1. The molecule has 0 atom stereocenters. The van der Waals surface area contributed by atoms with E-state index in [4.69, 9.17) is 0 Å². The topological polar surface area (TPSA) is 69.4 Å². The number of amides is 1. The molecule has 118 valence electrons. The summed E-state index contributed by atoms with van der Waals surface area (Å²) in [6.45, 7) is 0.186. The van der Waals surface area contributed by atoms with Crippen LogP contribution in [0.15, 0.2) is 54.0 Å². The Morgan fingerprint density at radius 3 is 2.55 bits per heavy atom. The number of aryl methyl sites for hydroxylation is 1. The fourth-order valence-corrected chi connectivity index (χ4v) is 1.67. The van der Waals surface area contributed by atoms with Crippen LogP contribution in [0.2, 0.25) is 0 Å². The number of nitrogens with zero attached hydrogens (tertiary/aromatic N) is 3. The quantitative estimate of drug-likeness (QED) is 0.330. The third-order valence-corrected chi connectivity index (χ3v) is 2.69. The van der Waals surface area contributed by atoms with E-state index < -0.39 is 0 Å². The highest BCUT2D eigenvalue weighted by molar-refractivity contribution is 5.81. The molecule has 2 heterocycles. The minimum atomic E-state index is -0.240. The summed E-state index contributed by atoms with van der Waals surface area (Å²) in [6.07, 6.45) is 6.78. The lowest BCUT2D eigenvalue weighted by molar-refractivity contribution is -0.684. The van der Waals surface area contributed by atoms with Gasteiger partial charge < -0.3 is 29.9 Å². The number of aromatic nitrogens is 2. The average Bonchev–Trinajstić information content (AvgIpc) is 2.43. The lowest BCUT2D eigenvalue weighted by atomic mass is 10.3. The predicted octanol–water partition coefficient (Wildman–Crippen LogP) is -6.34. The third-order valence-electron chi connectivity index (χ3n) is 2.69. The van der Waals surface area contributed by atoms with Gasteiger partial charge in [0.1, 0.15) is 13.3 Å².